The van der Waals surface area contributed by atoms with Crippen LogP contribution in [0.2, 0.25) is 0 Å². The van der Waals surface area contributed by atoms with E-state index in [1.54, 1.807) is 18.4 Å². The van der Waals surface area contributed by atoms with Crippen LogP contribution in [0.1, 0.15) is 45.3 Å². The van der Waals surface area contributed by atoms with E-state index in [0.29, 0.717) is 5.76 Å². The molecule has 1 unspecified atom stereocenters. The minimum atomic E-state index is -0.0644. The number of carbonyl (C=O) groups excluding carboxylic acids is 1. The molecule has 0 aliphatic rings. The van der Waals surface area contributed by atoms with Crippen molar-refractivity contribution in [1.29, 1.82) is 0 Å². The van der Waals surface area contributed by atoms with Crippen molar-refractivity contribution < 1.29 is 9.21 Å². The highest BCUT2D eigenvalue weighted by molar-refractivity contribution is 5.91. The molecule has 1 aromatic heterocycles. The molecule has 3 heteroatoms. The van der Waals surface area contributed by atoms with Crippen LogP contribution < -0.4 is 5.32 Å². The number of unbranched alkanes of at least 4 members (excludes halogenated alkanes) is 2. The van der Waals surface area contributed by atoms with Gasteiger partial charge in [0.2, 0.25) is 5.91 Å². The number of amides is 1. The molecular weight excluding hydrogens is 214 g/mol. The van der Waals surface area contributed by atoms with Gasteiger partial charge in [-0.1, -0.05) is 26.2 Å². The topological polar surface area (TPSA) is 42.2 Å². The molecule has 1 N–H and O–H groups in total. The van der Waals surface area contributed by atoms with Gasteiger partial charge in [-0.2, -0.15) is 0 Å². The Bertz CT molecular complexity index is 341. The van der Waals surface area contributed by atoms with Crippen molar-refractivity contribution in [2.75, 3.05) is 0 Å². The number of hydrogen-bond acceptors (Lipinski definition) is 2. The Morgan fingerprint density at radius 1 is 1.53 bits per heavy atom. The molecule has 0 aliphatic heterocycles. The first-order valence-electron chi connectivity index (χ1n) is 6.24. The van der Waals surface area contributed by atoms with E-state index >= 15 is 0 Å². The summed E-state index contributed by atoms with van der Waals surface area (Å²) in [6.07, 6.45) is 9.41. The maximum absolute atomic E-state index is 11.5. The first-order valence-corrected chi connectivity index (χ1v) is 6.24. The van der Waals surface area contributed by atoms with Crippen LogP contribution in [0.5, 0.6) is 0 Å². The molecule has 0 aromatic carbocycles. The minimum absolute atomic E-state index is 0.0644. The van der Waals surface area contributed by atoms with Gasteiger partial charge in [0.25, 0.3) is 0 Å². The molecule has 1 aromatic rings. The van der Waals surface area contributed by atoms with E-state index in [2.05, 4.69) is 12.2 Å². The van der Waals surface area contributed by atoms with E-state index in [-0.39, 0.29) is 11.9 Å². The van der Waals surface area contributed by atoms with Gasteiger partial charge in [0.05, 0.1) is 6.26 Å². The predicted molar refractivity (Wildman–Crippen MR) is 69.5 cm³/mol. The largest absolute Gasteiger partial charge is 0.465 e. The molecule has 1 rings (SSSR count). The van der Waals surface area contributed by atoms with E-state index in [4.69, 9.17) is 4.42 Å². The lowest BCUT2D eigenvalue weighted by molar-refractivity contribution is -0.117. The quantitative estimate of drug-likeness (QED) is 0.581. The SMILES string of the molecule is CCCCCC(C)NC(=O)/C=C/c1ccco1. The summed E-state index contributed by atoms with van der Waals surface area (Å²) in [5, 5.41) is 2.93. The van der Waals surface area contributed by atoms with Gasteiger partial charge in [-0.15, -0.1) is 0 Å². The second-order valence-corrected chi connectivity index (χ2v) is 4.25. The van der Waals surface area contributed by atoms with Crippen molar-refractivity contribution in [1.82, 2.24) is 5.32 Å². The zero-order valence-electron chi connectivity index (χ0n) is 10.6. The average molecular weight is 235 g/mol. The standard InChI is InChI=1S/C14H21NO2/c1-3-4-5-7-12(2)15-14(16)10-9-13-8-6-11-17-13/h6,8-12H,3-5,7H2,1-2H3,(H,15,16)/b10-9+. The summed E-state index contributed by atoms with van der Waals surface area (Å²) in [7, 11) is 0. The lowest BCUT2D eigenvalue weighted by Gasteiger charge is -2.11. The molecule has 0 saturated carbocycles. The van der Waals surface area contributed by atoms with Crippen LogP contribution in [-0.4, -0.2) is 11.9 Å². The summed E-state index contributed by atoms with van der Waals surface area (Å²) in [6, 6.07) is 3.84. The van der Waals surface area contributed by atoms with Gasteiger partial charge in [0.1, 0.15) is 5.76 Å². The summed E-state index contributed by atoms with van der Waals surface area (Å²) in [5.74, 6) is 0.629. The van der Waals surface area contributed by atoms with Gasteiger partial charge in [-0.05, 0) is 31.6 Å². The molecule has 0 aliphatic carbocycles. The monoisotopic (exact) mass is 235 g/mol. The van der Waals surface area contributed by atoms with E-state index in [1.165, 1.54) is 25.3 Å². The molecule has 0 fully saturated rings. The summed E-state index contributed by atoms with van der Waals surface area (Å²) < 4.78 is 5.10. The van der Waals surface area contributed by atoms with Crippen LogP contribution in [0.4, 0.5) is 0 Å². The van der Waals surface area contributed by atoms with Crippen molar-refractivity contribution in [2.45, 2.75) is 45.6 Å². The fourth-order valence-corrected chi connectivity index (χ4v) is 1.61. The van der Waals surface area contributed by atoms with Gasteiger partial charge in [0, 0.05) is 12.1 Å². The van der Waals surface area contributed by atoms with Crippen molar-refractivity contribution in [3.05, 3.63) is 30.2 Å². The number of nitrogens with one attached hydrogen (secondary N) is 1. The third-order valence-electron chi connectivity index (χ3n) is 2.57. The Balaban J connectivity index is 2.24. The Morgan fingerprint density at radius 2 is 2.35 bits per heavy atom. The number of rotatable bonds is 7. The highest BCUT2D eigenvalue weighted by Gasteiger charge is 2.03. The number of carbonyl (C=O) groups is 1. The third kappa shape index (κ3) is 5.95. The molecule has 0 radical (unpaired) electrons. The summed E-state index contributed by atoms with van der Waals surface area (Å²) >= 11 is 0. The fourth-order valence-electron chi connectivity index (χ4n) is 1.61. The van der Waals surface area contributed by atoms with E-state index < -0.39 is 0 Å². The lowest BCUT2D eigenvalue weighted by Crippen LogP contribution is -2.30. The van der Waals surface area contributed by atoms with Gasteiger partial charge >= 0.3 is 0 Å². The average Bonchev–Trinajstić information content (AvgIpc) is 2.79. The minimum Gasteiger partial charge on any atom is -0.465 e. The molecule has 1 heterocycles. The normalized spacial score (nSPS) is 12.8. The molecular formula is C14H21NO2. The van der Waals surface area contributed by atoms with E-state index in [1.807, 2.05) is 13.0 Å². The molecule has 0 bridgehead atoms. The Labute approximate surface area is 103 Å². The zero-order valence-corrected chi connectivity index (χ0v) is 10.6. The first kappa shape index (κ1) is 13.6. The smallest absolute Gasteiger partial charge is 0.244 e. The van der Waals surface area contributed by atoms with Gasteiger partial charge < -0.3 is 9.73 Å². The van der Waals surface area contributed by atoms with Crippen LogP contribution >= 0.6 is 0 Å². The Hall–Kier alpha value is -1.51. The van der Waals surface area contributed by atoms with Crippen molar-refractivity contribution in [3.63, 3.8) is 0 Å². The molecule has 17 heavy (non-hydrogen) atoms. The molecule has 1 atom stereocenters. The van der Waals surface area contributed by atoms with Crippen LogP contribution in [0.3, 0.4) is 0 Å². The van der Waals surface area contributed by atoms with Crippen molar-refractivity contribution >= 4 is 12.0 Å². The van der Waals surface area contributed by atoms with Crippen LogP contribution in [0.15, 0.2) is 28.9 Å². The third-order valence-corrected chi connectivity index (χ3v) is 2.57. The van der Waals surface area contributed by atoms with E-state index in [0.717, 1.165) is 6.42 Å². The van der Waals surface area contributed by atoms with Crippen LogP contribution in [0.25, 0.3) is 6.08 Å². The van der Waals surface area contributed by atoms with Gasteiger partial charge in [-0.3, -0.25) is 4.79 Å². The van der Waals surface area contributed by atoms with E-state index in [9.17, 15) is 4.79 Å². The zero-order chi connectivity index (χ0) is 12.5. The summed E-state index contributed by atoms with van der Waals surface area (Å²) in [6.45, 7) is 4.21. The molecule has 0 spiro atoms. The summed E-state index contributed by atoms with van der Waals surface area (Å²) in [5.41, 5.74) is 0. The predicted octanol–water partition coefficient (Wildman–Crippen LogP) is 3.38. The molecule has 94 valence electrons. The second-order valence-electron chi connectivity index (χ2n) is 4.25. The van der Waals surface area contributed by atoms with Crippen LogP contribution in [-0.2, 0) is 4.79 Å². The highest BCUT2D eigenvalue weighted by atomic mass is 16.3. The highest BCUT2D eigenvalue weighted by Crippen LogP contribution is 2.04. The molecule has 1 amide bonds. The van der Waals surface area contributed by atoms with Crippen molar-refractivity contribution in [3.8, 4) is 0 Å². The van der Waals surface area contributed by atoms with Crippen molar-refractivity contribution in [2.24, 2.45) is 0 Å². The number of furan rings is 1. The molecule has 0 saturated heterocycles. The maximum atomic E-state index is 11.5. The Kier molecular flexibility index (Phi) is 6.15. The lowest BCUT2D eigenvalue weighted by atomic mass is 10.1. The maximum Gasteiger partial charge on any atom is 0.244 e. The first-order chi connectivity index (χ1) is 8.22. The Morgan fingerprint density at radius 3 is 3.00 bits per heavy atom. The van der Waals surface area contributed by atoms with Gasteiger partial charge in [-0.25, -0.2) is 0 Å². The number of hydrogen-bond donors (Lipinski definition) is 1. The second kappa shape index (κ2) is 7.71. The molecule has 3 nitrogen and oxygen atoms in total. The van der Waals surface area contributed by atoms with Gasteiger partial charge in [0.15, 0.2) is 0 Å². The summed E-state index contributed by atoms with van der Waals surface area (Å²) in [4.78, 5) is 11.5. The fraction of sp³-hybridized carbons (Fsp3) is 0.500. The van der Waals surface area contributed by atoms with Crippen LogP contribution in [0, 0.1) is 0 Å².